The lowest BCUT2D eigenvalue weighted by molar-refractivity contribution is -0.341. The molecule has 0 saturated carbocycles. The third-order valence-electron chi connectivity index (χ3n) is 4.76. The van der Waals surface area contributed by atoms with E-state index in [1.165, 1.54) is 44.1 Å². The molecule has 0 atom stereocenters. The van der Waals surface area contributed by atoms with Crippen molar-refractivity contribution < 1.29 is 21.5 Å². The van der Waals surface area contributed by atoms with E-state index in [1.54, 1.807) is 12.1 Å². The van der Waals surface area contributed by atoms with Crippen molar-refractivity contribution in [3.05, 3.63) is 90.5 Å². The highest BCUT2D eigenvalue weighted by Crippen LogP contribution is 2.09. The van der Waals surface area contributed by atoms with Gasteiger partial charge in [0.05, 0.1) is 0 Å². The molecule has 0 saturated heterocycles. The van der Waals surface area contributed by atoms with Crippen LogP contribution in [0.3, 0.4) is 0 Å². The summed E-state index contributed by atoms with van der Waals surface area (Å²) >= 11 is 0. The third kappa shape index (κ3) is 14.2. The van der Waals surface area contributed by atoms with Crippen LogP contribution in [-0.4, -0.2) is 7.12 Å². The van der Waals surface area contributed by atoms with Gasteiger partial charge in [-0.1, -0.05) is 107 Å². The van der Waals surface area contributed by atoms with Crippen LogP contribution < -0.4 is 27.0 Å². The lowest BCUT2D eigenvalue weighted by Crippen LogP contribution is -2.55. The lowest BCUT2D eigenvalue weighted by Gasteiger charge is -2.26. The molecule has 0 spiro atoms. The van der Waals surface area contributed by atoms with Gasteiger partial charge in [0.1, 0.15) is 11.4 Å². The zero-order valence-electron chi connectivity index (χ0n) is 18.8. The van der Waals surface area contributed by atoms with Gasteiger partial charge in [-0.25, -0.2) is 0 Å². The smallest absolute Gasteiger partial charge is 0.127 e. The maximum atomic E-state index is 10.6. The molecule has 0 aliphatic carbocycles. The predicted octanol–water partition coefficient (Wildman–Crippen LogP) is 2.13. The summed E-state index contributed by atoms with van der Waals surface area (Å²) in [7, 11) is -1.85. The minimum absolute atomic E-state index is 0.344. The van der Waals surface area contributed by atoms with Crippen LogP contribution in [-0.2, 0) is 6.42 Å². The van der Waals surface area contributed by atoms with Crippen LogP contribution in [0.4, 0.5) is 11.4 Å². The molecule has 0 unspecified atom stereocenters. The predicted molar refractivity (Wildman–Crippen MR) is 127 cm³/mol. The van der Waals surface area contributed by atoms with Crippen molar-refractivity contribution in [2.24, 2.45) is 0 Å². The van der Waals surface area contributed by atoms with Crippen LogP contribution in [0.25, 0.3) is 0 Å². The van der Waals surface area contributed by atoms with E-state index >= 15 is 0 Å². The van der Waals surface area contributed by atoms with E-state index in [0.29, 0.717) is 5.46 Å². The van der Waals surface area contributed by atoms with Crippen LogP contribution in [0.5, 0.6) is 0 Å². The van der Waals surface area contributed by atoms with Gasteiger partial charge in [0, 0.05) is 0 Å². The van der Waals surface area contributed by atoms with Gasteiger partial charge >= 0.3 is 0 Å². The molecule has 3 rings (SSSR count). The molecule has 0 fully saturated rings. The molecule has 0 aliphatic rings. The Morgan fingerprint density at radius 3 is 1.45 bits per heavy atom. The average Bonchev–Trinajstić information content (AvgIpc) is 2.78. The van der Waals surface area contributed by atoms with Crippen molar-refractivity contribution >= 4 is 24.0 Å². The summed E-state index contributed by atoms with van der Waals surface area (Å²) in [5, 5.41) is 21.3. The minimum atomic E-state index is -1.85. The van der Waals surface area contributed by atoms with E-state index in [9.17, 15) is 10.0 Å². The summed E-state index contributed by atoms with van der Waals surface area (Å²) in [6, 6.07) is 26.9. The second-order valence-electron chi connectivity index (χ2n) is 7.56. The van der Waals surface area contributed by atoms with E-state index in [2.05, 4.69) is 18.4 Å². The molecule has 0 aromatic heterocycles. The molecule has 0 amide bonds. The molecule has 0 bridgehead atoms. The summed E-state index contributed by atoms with van der Waals surface area (Å²) in [4.78, 5) is 0. The van der Waals surface area contributed by atoms with Gasteiger partial charge in [0.15, 0.2) is 0 Å². The third-order valence-corrected chi connectivity index (χ3v) is 4.76. The van der Waals surface area contributed by atoms with E-state index in [0.717, 1.165) is 17.8 Å². The number of hydrogen-bond acceptors (Lipinski definition) is 2. The van der Waals surface area contributed by atoms with E-state index in [-0.39, 0.29) is 0 Å². The molecule has 3 aromatic carbocycles. The minimum Gasteiger partial charge on any atom is -0.889 e. The first kappa shape index (κ1) is 26.6. The zero-order chi connectivity index (χ0) is 22.7. The summed E-state index contributed by atoms with van der Waals surface area (Å²) in [6.45, 7) is 2.22. The van der Waals surface area contributed by atoms with E-state index < -0.39 is 7.12 Å². The van der Waals surface area contributed by atoms with Gasteiger partial charge in [-0.05, 0) is 42.7 Å². The van der Waals surface area contributed by atoms with Crippen molar-refractivity contribution in [3.8, 4) is 0 Å². The number of aryl methyl sites for hydroxylation is 1. The number of benzene rings is 3. The van der Waals surface area contributed by atoms with Crippen molar-refractivity contribution in [2.45, 2.75) is 51.9 Å². The molecule has 0 heterocycles. The quantitative estimate of drug-likeness (QED) is 0.431. The zero-order valence-corrected chi connectivity index (χ0v) is 18.8. The molecule has 31 heavy (non-hydrogen) atoms. The molecular weight excluding hydrogens is 383 g/mol. The first-order valence-corrected chi connectivity index (χ1v) is 11.2. The topological polar surface area (TPSA) is 101 Å². The highest BCUT2D eigenvalue weighted by Gasteiger charge is 1.94. The first-order chi connectivity index (χ1) is 15.0. The fourth-order valence-electron chi connectivity index (χ4n) is 2.91. The SMILES string of the molecule is CCCCCCCCc1ccc(B([O-])[O-])cc1.[NH3+]c1ccccc1.[NH3+]c1ccccc1. The summed E-state index contributed by atoms with van der Waals surface area (Å²) in [5.41, 5.74) is 11.2. The summed E-state index contributed by atoms with van der Waals surface area (Å²) < 4.78 is 0. The lowest BCUT2D eigenvalue weighted by atomic mass is 9.80. The van der Waals surface area contributed by atoms with Gasteiger partial charge in [0.2, 0.25) is 0 Å². The van der Waals surface area contributed by atoms with Crippen molar-refractivity contribution in [1.29, 1.82) is 0 Å². The molecular formula is C26H37BN2O2. The largest absolute Gasteiger partial charge is 0.889 e. The first-order valence-electron chi connectivity index (χ1n) is 11.2. The number of hydrogen-bond donors (Lipinski definition) is 2. The van der Waals surface area contributed by atoms with E-state index in [1.807, 2.05) is 72.8 Å². The average molecular weight is 420 g/mol. The molecule has 0 radical (unpaired) electrons. The Balaban J connectivity index is 0.000000279. The van der Waals surface area contributed by atoms with Gasteiger partial charge < -0.3 is 21.5 Å². The van der Waals surface area contributed by atoms with Gasteiger partial charge in [-0.15, -0.1) is 5.46 Å². The summed E-state index contributed by atoms with van der Waals surface area (Å²) in [6.07, 6.45) is 8.79. The Hall–Kier alpha value is -2.44. The summed E-state index contributed by atoms with van der Waals surface area (Å²) in [5.74, 6) is 0. The van der Waals surface area contributed by atoms with Crippen LogP contribution >= 0.6 is 0 Å². The van der Waals surface area contributed by atoms with Crippen molar-refractivity contribution in [2.75, 3.05) is 0 Å². The molecule has 0 aliphatic heterocycles. The Morgan fingerprint density at radius 2 is 1.06 bits per heavy atom. The molecule has 3 aromatic rings. The van der Waals surface area contributed by atoms with Crippen LogP contribution in [0.1, 0.15) is 51.0 Å². The Kier molecular flexibility index (Phi) is 14.8. The standard InChI is InChI=1S/C14H21BO2.2C6H7N/c1-2-3-4-5-6-7-8-13-9-11-14(12-10-13)15(16)17;2*7-6-4-2-1-3-5-6/h9-12H,2-8H2,1H3;2*1-5H,7H2/q-2;;/p+2. The Labute approximate surface area is 188 Å². The van der Waals surface area contributed by atoms with Crippen LogP contribution in [0, 0.1) is 0 Å². The highest BCUT2D eigenvalue weighted by atomic mass is 16.4. The molecule has 4 nitrogen and oxygen atoms in total. The maximum Gasteiger partial charge on any atom is 0.127 e. The Bertz CT molecular complexity index is 744. The van der Waals surface area contributed by atoms with Gasteiger partial charge in [0.25, 0.3) is 0 Å². The van der Waals surface area contributed by atoms with Gasteiger partial charge in [-0.3, -0.25) is 0 Å². The fraction of sp³-hybridized carbons (Fsp3) is 0.308. The number of quaternary nitrogens is 2. The van der Waals surface area contributed by atoms with Gasteiger partial charge in [-0.2, -0.15) is 0 Å². The van der Waals surface area contributed by atoms with Crippen LogP contribution in [0.2, 0.25) is 0 Å². The number of unbranched alkanes of at least 4 members (excludes halogenated alkanes) is 5. The molecule has 166 valence electrons. The molecule has 5 heteroatoms. The van der Waals surface area contributed by atoms with Crippen LogP contribution in [0.15, 0.2) is 84.9 Å². The fourth-order valence-corrected chi connectivity index (χ4v) is 2.91. The molecule has 6 N–H and O–H groups in total. The highest BCUT2D eigenvalue weighted by molar-refractivity contribution is 6.55. The maximum absolute atomic E-state index is 10.6. The van der Waals surface area contributed by atoms with Crippen molar-refractivity contribution in [3.63, 3.8) is 0 Å². The normalized spacial score (nSPS) is 9.71. The van der Waals surface area contributed by atoms with E-state index in [4.69, 9.17) is 0 Å². The second kappa shape index (κ2) is 17.3. The number of rotatable bonds is 8. The monoisotopic (exact) mass is 420 g/mol. The second-order valence-corrected chi connectivity index (χ2v) is 7.56. The van der Waals surface area contributed by atoms with Crippen molar-refractivity contribution in [1.82, 2.24) is 0 Å². The Morgan fingerprint density at radius 1 is 0.613 bits per heavy atom.